The van der Waals surface area contributed by atoms with E-state index in [9.17, 15) is 9.90 Å². The molecule has 9 nitrogen and oxygen atoms in total. The van der Waals surface area contributed by atoms with Crippen LogP contribution >= 0.6 is 0 Å². The number of morpholine rings is 1. The van der Waals surface area contributed by atoms with E-state index in [0.29, 0.717) is 23.2 Å². The van der Waals surface area contributed by atoms with Crippen molar-refractivity contribution >= 4 is 17.6 Å². The minimum absolute atomic E-state index is 0.117. The van der Waals surface area contributed by atoms with Crippen LogP contribution in [0.4, 0.5) is 11.7 Å². The van der Waals surface area contributed by atoms with Crippen molar-refractivity contribution in [2.45, 2.75) is 6.42 Å². The molecular formula is C22H25N5O4. The van der Waals surface area contributed by atoms with Gasteiger partial charge in [0.1, 0.15) is 5.75 Å². The highest BCUT2D eigenvalue weighted by Gasteiger charge is 2.11. The molecule has 0 saturated carbocycles. The first-order chi connectivity index (χ1) is 15.2. The molecule has 0 bridgehead atoms. The van der Waals surface area contributed by atoms with Gasteiger partial charge in [-0.2, -0.15) is 0 Å². The molecule has 1 fully saturated rings. The summed E-state index contributed by atoms with van der Waals surface area (Å²) in [6.07, 6.45) is 0.979. The Hall–Kier alpha value is -3.43. The molecule has 0 spiro atoms. The lowest BCUT2D eigenvalue weighted by atomic mass is 10.1. The number of phenolic OH excluding ortho intramolecular Hbond substituents is 1. The normalized spacial score (nSPS) is 14.3. The smallest absolute Gasteiger partial charge is 0.315 e. The number of hydrogen-bond donors (Lipinski definition) is 3. The third kappa shape index (κ3) is 5.80. The summed E-state index contributed by atoms with van der Waals surface area (Å²) < 4.78 is 11.0. The summed E-state index contributed by atoms with van der Waals surface area (Å²) >= 11 is 0. The van der Waals surface area contributed by atoms with Gasteiger partial charge in [0.25, 0.3) is 5.91 Å². The molecule has 1 aliphatic heterocycles. The van der Waals surface area contributed by atoms with Gasteiger partial charge in [-0.15, -0.1) is 5.10 Å². The molecular weight excluding hydrogens is 398 g/mol. The monoisotopic (exact) mass is 423 g/mol. The maximum absolute atomic E-state index is 12.3. The van der Waals surface area contributed by atoms with Crippen LogP contribution in [0.2, 0.25) is 0 Å². The molecule has 4 rings (SSSR count). The van der Waals surface area contributed by atoms with Gasteiger partial charge in [0.05, 0.1) is 13.2 Å². The number of benzene rings is 2. The Morgan fingerprint density at radius 2 is 1.77 bits per heavy atom. The lowest BCUT2D eigenvalue weighted by molar-refractivity contribution is 0.0378. The maximum Gasteiger partial charge on any atom is 0.315 e. The van der Waals surface area contributed by atoms with E-state index >= 15 is 0 Å². The summed E-state index contributed by atoms with van der Waals surface area (Å²) in [5.41, 5.74) is 1.86. The van der Waals surface area contributed by atoms with E-state index in [1.807, 2.05) is 12.1 Å². The average molecular weight is 423 g/mol. The third-order valence-corrected chi connectivity index (χ3v) is 4.98. The van der Waals surface area contributed by atoms with Crippen molar-refractivity contribution in [1.29, 1.82) is 0 Å². The van der Waals surface area contributed by atoms with Crippen LogP contribution < -0.4 is 10.6 Å². The van der Waals surface area contributed by atoms with E-state index in [-0.39, 0.29) is 11.7 Å². The molecule has 2 aromatic carbocycles. The molecule has 3 aromatic rings. The summed E-state index contributed by atoms with van der Waals surface area (Å²) in [4.78, 5) is 14.6. The molecule has 0 atom stereocenters. The number of rotatable bonds is 8. The Labute approximate surface area is 180 Å². The highest BCUT2D eigenvalue weighted by atomic mass is 16.5. The molecule has 3 N–H and O–H groups in total. The zero-order chi connectivity index (χ0) is 21.5. The molecule has 1 saturated heterocycles. The molecule has 2 heterocycles. The fourth-order valence-electron chi connectivity index (χ4n) is 3.25. The summed E-state index contributed by atoms with van der Waals surface area (Å²) in [6, 6.07) is 13.6. The first-order valence-corrected chi connectivity index (χ1v) is 10.3. The van der Waals surface area contributed by atoms with Crippen molar-refractivity contribution < 1.29 is 19.1 Å². The van der Waals surface area contributed by atoms with Crippen molar-refractivity contribution in [3.05, 3.63) is 54.1 Å². The van der Waals surface area contributed by atoms with Gasteiger partial charge < -0.3 is 24.9 Å². The van der Waals surface area contributed by atoms with E-state index in [1.165, 1.54) is 12.1 Å². The van der Waals surface area contributed by atoms with Gasteiger partial charge in [-0.3, -0.25) is 9.69 Å². The second-order valence-electron chi connectivity index (χ2n) is 7.23. The first kappa shape index (κ1) is 20.8. The number of nitrogens with zero attached hydrogens (tertiary/aromatic N) is 3. The topological polar surface area (TPSA) is 113 Å². The fourth-order valence-corrected chi connectivity index (χ4v) is 3.25. The SMILES string of the molecule is O=C(Nc1ccc(-c2nnc(NCCCN3CCOCC3)o2)cc1)c1ccc(O)cc1. The molecule has 1 amide bonds. The number of anilines is 2. The van der Waals surface area contributed by atoms with Crippen molar-refractivity contribution in [2.75, 3.05) is 50.0 Å². The second-order valence-corrected chi connectivity index (χ2v) is 7.23. The number of nitrogens with one attached hydrogen (secondary N) is 2. The number of ether oxygens (including phenoxy) is 1. The molecule has 0 radical (unpaired) electrons. The zero-order valence-electron chi connectivity index (χ0n) is 17.1. The predicted octanol–water partition coefficient (Wildman–Crippen LogP) is 2.83. The van der Waals surface area contributed by atoms with Gasteiger partial charge >= 0.3 is 6.01 Å². The third-order valence-electron chi connectivity index (χ3n) is 4.98. The van der Waals surface area contributed by atoms with Crippen molar-refractivity contribution in [3.8, 4) is 17.2 Å². The fraction of sp³-hybridized carbons (Fsp3) is 0.318. The Kier molecular flexibility index (Phi) is 6.75. The van der Waals surface area contributed by atoms with Crippen LogP contribution in [0, 0.1) is 0 Å². The van der Waals surface area contributed by atoms with Crippen LogP contribution in [0.5, 0.6) is 5.75 Å². The Morgan fingerprint density at radius 3 is 2.52 bits per heavy atom. The van der Waals surface area contributed by atoms with Gasteiger partial charge in [0, 0.05) is 36.4 Å². The molecule has 0 aliphatic carbocycles. The van der Waals surface area contributed by atoms with E-state index in [0.717, 1.165) is 51.4 Å². The van der Waals surface area contributed by atoms with Crippen molar-refractivity contribution in [2.24, 2.45) is 0 Å². The number of hydrogen-bond acceptors (Lipinski definition) is 8. The van der Waals surface area contributed by atoms with E-state index in [1.54, 1.807) is 24.3 Å². The number of aromatic nitrogens is 2. The number of amides is 1. The van der Waals surface area contributed by atoms with Crippen LogP contribution in [-0.4, -0.2) is 65.5 Å². The summed E-state index contributed by atoms with van der Waals surface area (Å²) in [7, 11) is 0. The number of aromatic hydroxyl groups is 1. The lowest BCUT2D eigenvalue weighted by Gasteiger charge is -2.26. The Bertz CT molecular complexity index is 982. The number of carbonyl (C=O) groups excluding carboxylic acids is 1. The van der Waals surface area contributed by atoms with Gasteiger partial charge in [-0.1, -0.05) is 5.10 Å². The van der Waals surface area contributed by atoms with Gasteiger partial charge in [-0.25, -0.2) is 0 Å². The second kappa shape index (κ2) is 10.1. The van der Waals surface area contributed by atoms with Gasteiger partial charge in [-0.05, 0) is 61.5 Å². The number of carbonyl (C=O) groups is 1. The molecule has 1 aliphatic rings. The lowest BCUT2D eigenvalue weighted by Crippen LogP contribution is -2.37. The van der Waals surface area contributed by atoms with E-state index < -0.39 is 0 Å². The molecule has 31 heavy (non-hydrogen) atoms. The molecule has 1 aromatic heterocycles. The van der Waals surface area contributed by atoms with Crippen LogP contribution in [0.15, 0.2) is 52.9 Å². The number of phenols is 1. The minimum atomic E-state index is -0.255. The summed E-state index contributed by atoms with van der Waals surface area (Å²) in [5, 5.41) is 23.4. The summed E-state index contributed by atoms with van der Waals surface area (Å²) in [5.74, 6) is 0.271. The van der Waals surface area contributed by atoms with E-state index in [2.05, 4.69) is 25.7 Å². The van der Waals surface area contributed by atoms with Gasteiger partial charge in [0.15, 0.2) is 0 Å². The highest BCUT2D eigenvalue weighted by molar-refractivity contribution is 6.04. The summed E-state index contributed by atoms with van der Waals surface area (Å²) in [6.45, 7) is 5.33. The molecule has 9 heteroatoms. The molecule has 0 unspecified atom stereocenters. The van der Waals surface area contributed by atoms with Crippen molar-refractivity contribution in [1.82, 2.24) is 15.1 Å². The Morgan fingerprint density at radius 1 is 1.03 bits per heavy atom. The van der Waals surface area contributed by atoms with Crippen LogP contribution in [0.3, 0.4) is 0 Å². The zero-order valence-corrected chi connectivity index (χ0v) is 17.1. The van der Waals surface area contributed by atoms with Crippen LogP contribution in [-0.2, 0) is 4.74 Å². The van der Waals surface area contributed by atoms with Crippen LogP contribution in [0.1, 0.15) is 16.8 Å². The predicted molar refractivity (Wildman–Crippen MR) is 116 cm³/mol. The van der Waals surface area contributed by atoms with Crippen molar-refractivity contribution in [3.63, 3.8) is 0 Å². The van der Waals surface area contributed by atoms with Gasteiger partial charge in [0.2, 0.25) is 5.89 Å². The molecule has 162 valence electrons. The minimum Gasteiger partial charge on any atom is -0.508 e. The average Bonchev–Trinajstić information content (AvgIpc) is 3.27. The maximum atomic E-state index is 12.3. The van der Waals surface area contributed by atoms with Crippen LogP contribution in [0.25, 0.3) is 11.5 Å². The van der Waals surface area contributed by atoms with E-state index in [4.69, 9.17) is 9.15 Å². The highest BCUT2D eigenvalue weighted by Crippen LogP contribution is 2.22. The standard InChI is InChI=1S/C22H25N5O4/c28-19-8-4-16(5-9-19)20(29)24-18-6-2-17(3-7-18)21-25-26-22(31-21)23-10-1-11-27-12-14-30-15-13-27/h2-9,28H,1,10-15H2,(H,23,26)(H,24,29). The first-order valence-electron chi connectivity index (χ1n) is 10.3. The Balaban J connectivity index is 1.26. The largest absolute Gasteiger partial charge is 0.508 e. The quantitative estimate of drug-likeness (QED) is 0.474.